The summed E-state index contributed by atoms with van der Waals surface area (Å²) in [5.41, 5.74) is 1.26. The lowest BCUT2D eigenvalue weighted by molar-refractivity contribution is 0.179. The van der Waals surface area contributed by atoms with Gasteiger partial charge in [-0.05, 0) is 44.7 Å². The Hall–Kier alpha value is -0.870. The second kappa shape index (κ2) is 6.27. The average Bonchev–Trinajstić information content (AvgIpc) is 2.90. The molecule has 112 valence electrons. The fourth-order valence-electron chi connectivity index (χ4n) is 3.87. The van der Waals surface area contributed by atoms with Crippen LogP contribution in [0, 0.1) is 5.92 Å². The number of nitrogens with zero attached hydrogens (tertiary/aromatic N) is 3. The van der Waals surface area contributed by atoms with E-state index in [1.165, 1.54) is 50.4 Å². The van der Waals surface area contributed by atoms with Crippen molar-refractivity contribution >= 4 is 0 Å². The number of aromatic nitrogens is 2. The minimum Gasteiger partial charge on any atom is -0.396 e. The van der Waals surface area contributed by atoms with E-state index in [0.29, 0.717) is 5.92 Å². The maximum absolute atomic E-state index is 9.49. The van der Waals surface area contributed by atoms with Crippen LogP contribution in [0.4, 0.5) is 0 Å². The summed E-state index contributed by atoms with van der Waals surface area (Å²) in [7, 11) is 0. The lowest BCUT2D eigenvalue weighted by Gasteiger charge is -2.32. The molecule has 0 saturated carbocycles. The van der Waals surface area contributed by atoms with Crippen molar-refractivity contribution in [1.29, 1.82) is 0 Å². The van der Waals surface area contributed by atoms with Gasteiger partial charge in [0.1, 0.15) is 5.82 Å². The van der Waals surface area contributed by atoms with Crippen LogP contribution in [-0.2, 0) is 13.0 Å². The number of aliphatic hydroxyl groups excluding tert-OH is 1. The van der Waals surface area contributed by atoms with Gasteiger partial charge in [-0.3, -0.25) is 0 Å². The van der Waals surface area contributed by atoms with E-state index in [1.807, 2.05) is 6.20 Å². The molecule has 1 saturated heterocycles. The van der Waals surface area contributed by atoms with Crippen molar-refractivity contribution in [2.75, 3.05) is 26.2 Å². The van der Waals surface area contributed by atoms with Crippen LogP contribution < -0.4 is 0 Å². The number of likely N-dealkylation sites (tertiary alicyclic amines) is 1. The summed E-state index contributed by atoms with van der Waals surface area (Å²) >= 11 is 0. The van der Waals surface area contributed by atoms with Crippen molar-refractivity contribution in [2.24, 2.45) is 5.92 Å². The second-order valence-electron chi connectivity index (χ2n) is 6.38. The van der Waals surface area contributed by atoms with Gasteiger partial charge < -0.3 is 14.6 Å². The molecule has 0 amide bonds. The van der Waals surface area contributed by atoms with Gasteiger partial charge in [-0.15, -0.1) is 0 Å². The first kappa shape index (κ1) is 14.1. The number of rotatable bonds is 4. The minimum atomic E-state index is 0.262. The van der Waals surface area contributed by atoms with Crippen LogP contribution >= 0.6 is 0 Å². The zero-order valence-corrected chi connectivity index (χ0v) is 12.6. The average molecular weight is 277 g/mol. The molecule has 3 heterocycles. The van der Waals surface area contributed by atoms with E-state index in [0.717, 1.165) is 25.3 Å². The van der Waals surface area contributed by atoms with Gasteiger partial charge in [0.25, 0.3) is 0 Å². The highest BCUT2D eigenvalue weighted by atomic mass is 16.3. The fourth-order valence-corrected chi connectivity index (χ4v) is 3.87. The molecule has 0 aromatic carbocycles. The van der Waals surface area contributed by atoms with Crippen molar-refractivity contribution in [3.05, 3.63) is 17.7 Å². The largest absolute Gasteiger partial charge is 0.396 e. The maximum Gasteiger partial charge on any atom is 0.109 e. The van der Waals surface area contributed by atoms with Crippen molar-refractivity contribution in [3.63, 3.8) is 0 Å². The Bertz CT molecular complexity index is 443. The van der Waals surface area contributed by atoms with Gasteiger partial charge in [-0.25, -0.2) is 4.98 Å². The second-order valence-corrected chi connectivity index (χ2v) is 6.38. The van der Waals surface area contributed by atoms with Crippen LogP contribution in [0.2, 0.25) is 0 Å². The van der Waals surface area contributed by atoms with Crippen LogP contribution in [0.15, 0.2) is 6.20 Å². The standard InChI is InChI=1S/C16H27N3O/c1-2-18-7-3-5-13(11-18)9-16-17-10-15-14(12-20)6-4-8-19(15)16/h10,13-14,20H,2-9,11-12H2,1H3. The highest BCUT2D eigenvalue weighted by molar-refractivity contribution is 5.14. The topological polar surface area (TPSA) is 41.3 Å². The van der Waals surface area contributed by atoms with Crippen molar-refractivity contribution in [2.45, 2.75) is 51.5 Å². The molecule has 0 aliphatic carbocycles. The molecule has 0 radical (unpaired) electrons. The van der Waals surface area contributed by atoms with E-state index in [9.17, 15) is 5.11 Å². The Morgan fingerprint density at radius 2 is 2.15 bits per heavy atom. The molecule has 2 aliphatic rings. The third-order valence-electron chi connectivity index (χ3n) is 5.06. The summed E-state index contributed by atoms with van der Waals surface area (Å²) in [4.78, 5) is 7.23. The summed E-state index contributed by atoms with van der Waals surface area (Å²) in [6.45, 7) is 7.26. The highest BCUT2D eigenvalue weighted by Gasteiger charge is 2.25. The van der Waals surface area contributed by atoms with Crippen LogP contribution in [0.1, 0.15) is 50.0 Å². The molecular weight excluding hydrogens is 250 g/mol. The van der Waals surface area contributed by atoms with Gasteiger partial charge in [-0.1, -0.05) is 6.92 Å². The Balaban J connectivity index is 1.70. The predicted octanol–water partition coefficient (Wildman–Crippen LogP) is 2.03. The molecule has 2 aliphatic heterocycles. The molecule has 4 heteroatoms. The van der Waals surface area contributed by atoms with E-state index >= 15 is 0 Å². The zero-order valence-electron chi connectivity index (χ0n) is 12.6. The van der Waals surface area contributed by atoms with Crippen LogP contribution in [0.3, 0.4) is 0 Å². The third kappa shape index (κ3) is 2.77. The maximum atomic E-state index is 9.49. The summed E-state index contributed by atoms with van der Waals surface area (Å²) in [6.07, 6.45) is 8.06. The quantitative estimate of drug-likeness (QED) is 0.915. The molecule has 1 N–H and O–H groups in total. The summed E-state index contributed by atoms with van der Waals surface area (Å²) in [6, 6.07) is 0. The molecule has 4 nitrogen and oxygen atoms in total. The van der Waals surface area contributed by atoms with E-state index in [4.69, 9.17) is 0 Å². The van der Waals surface area contributed by atoms with E-state index in [-0.39, 0.29) is 6.61 Å². The van der Waals surface area contributed by atoms with Gasteiger partial charge in [0.05, 0.1) is 6.61 Å². The number of imidazole rings is 1. The summed E-state index contributed by atoms with van der Waals surface area (Å²) in [5, 5.41) is 9.49. The number of hydrogen-bond donors (Lipinski definition) is 1. The van der Waals surface area contributed by atoms with Gasteiger partial charge in [0.15, 0.2) is 0 Å². The van der Waals surface area contributed by atoms with Gasteiger partial charge in [-0.2, -0.15) is 0 Å². The van der Waals surface area contributed by atoms with Crippen molar-refractivity contribution in [3.8, 4) is 0 Å². The van der Waals surface area contributed by atoms with Crippen LogP contribution in [0.25, 0.3) is 0 Å². The molecule has 2 unspecified atom stereocenters. The Morgan fingerprint density at radius 3 is 2.95 bits per heavy atom. The van der Waals surface area contributed by atoms with E-state index < -0.39 is 0 Å². The first-order valence-electron chi connectivity index (χ1n) is 8.19. The van der Waals surface area contributed by atoms with Crippen molar-refractivity contribution < 1.29 is 5.11 Å². The SMILES string of the molecule is CCN1CCCC(Cc2ncc3n2CCCC3CO)C1. The minimum absolute atomic E-state index is 0.262. The van der Waals surface area contributed by atoms with Gasteiger partial charge in [0, 0.05) is 37.3 Å². The lowest BCUT2D eigenvalue weighted by atomic mass is 9.93. The Kier molecular flexibility index (Phi) is 4.41. The zero-order chi connectivity index (χ0) is 13.9. The Labute approximate surface area is 121 Å². The highest BCUT2D eigenvalue weighted by Crippen LogP contribution is 2.29. The molecule has 3 rings (SSSR count). The van der Waals surface area contributed by atoms with Gasteiger partial charge in [0.2, 0.25) is 0 Å². The third-order valence-corrected chi connectivity index (χ3v) is 5.06. The monoisotopic (exact) mass is 277 g/mol. The molecule has 2 atom stereocenters. The smallest absolute Gasteiger partial charge is 0.109 e. The van der Waals surface area contributed by atoms with Gasteiger partial charge >= 0.3 is 0 Å². The fraction of sp³-hybridized carbons (Fsp3) is 0.812. The molecular formula is C16H27N3O. The van der Waals surface area contributed by atoms with Crippen LogP contribution in [-0.4, -0.2) is 45.8 Å². The number of aliphatic hydroxyl groups is 1. The lowest BCUT2D eigenvalue weighted by Crippen LogP contribution is -2.36. The van der Waals surface area contributed by atoms with E-state index in [2.05, 4.69) is 21.4 Å². The van der Waals surface area contributed by atoms with E-state index in [1.54, 1.807) is 0 Å². The molecule has 1 aromatic heterocycles. The molecule has 0 spiro atoms. The number of fused-ring (bicyclic) bond motifs is 1. The predicted molar refractivity (Wildman–Crippen MR) is 79.8 cm³/mol. The molecule has 1 fully saturated rings. The van der Waals surface area contributed by atoms with Crippen molar-refractivity contribution in [1.82, 2.24) is 14.5 Å². The Morgan fingerprint density at radius 1 is 1.30 bits per heavy atom. The number of piperidine rings is 1. The van der Waals surface area contributed by atoms with Crippen LogP contribution in [0.5, 0.6) is 0 Å². The summed E-state index contributed by atoms with van der Waals surface area (Å²) < 4.78 is 2.38. The summed E-state index contributed by atoms with van der Waals surface area (Å²) in [5.74, 6) is 2.31. The molecule has 20 heavy (non-hydrogen) atoms. The molecule has 0 bridgehead atoms. The number of hydrogen-bond acceptors (Lipinski definition) is 3. The molecule has 1 aromatic rings. The normalized spacial score (nSPS) is 27.5. The first-order valence-corrected chi connectivity index (χ1v) is 8.19. The first-order chi connectivity index (χ1) is 9.81.